The second-order valence-electron chi connectivity index (χ2n) is 8.57. The molecule has 2 aliphatic rings. The van der Waals surface area contributed by atoms with Crippen LogP contribution in [0, 0.1) is 12.7 Å². The van der Waals surface area contributed by atoms with Crippen molar-refractivity contribution in [3.63, 3.8) is 0 Å². The summed E-state index contributed by atoms with van der Waals surface area (Å²) >= 11 is 0. The number of nitrogens with zero attached hydrogens (tertiary/aromatic N) is 2. The van der Waals surface area contributed by atoms with Gasteiger partial charge in [0.1, 0.15) is 11.6 Å². The van der Waals surface area contributed by atoms with E-state index >= 15 is 0 Å². The lowest BCUT2D eigenvalue weighted by Gasteiger charge is -2.21. The summed E-state index contributed by atoms with van der Waals surface area (Å²) in [5.74, 6) is 0.0552. The lowest BCUT2D eigenvalue weighted by Crippen LogP contribution is -2.35. The van der Waals surface area contributed by atoms with Crippen molar-refractivity contribution in [2.24, 2.45) is 5.10 Å². The van der Waals surface area contributed by atoms with Crippen molar-refractivity contribution >= 4 is 23.2 Å². The molecule has 1 unspecified atom stereocenters. The fraction of sp³-hybridized carbons (Fsp3) is 0.269. The molecular weight excluding hydrogens is 421 g/mol. The first kappa shape index (κ1) is 21.1. The molecule has 1 aliphatic carbocycles. The fourth-order valence-electron chi connectivity index (χ4n) is 4.75. The Balaban J connectivity index is 1.44. The van der Waals surface area contributed by atoms with E-state index in [0.717, 1.165) is 41.0 Å². The van der Waals surface area contributed by atoms with Crippen LogP contribution in [0.4, 0.5) is 10.1 Å². The third-order valence-electron chi connectivity index (χ3n) is 6.34. The Morgan fingerprint density at radius 3 is 2.67 bits per heavy atom. The van der Waals surface area contributed by atoms with Crippen LogP contribution in [0.25, 0.3) is 0 Å². The van der Waals surface area contributed by atoms with E-state index in [0.29, 0.717) is 29.9 Å². The van der Waals surface area contributed by atoms with Crippen molar-refractivity contribution in [2.45, 2.75) is 45.6 Å². The number of benzene rings is 2. The number of carbonyl (C=O) groups excluding carboxylic acids is 2. The van der Waals surface area contributed by atoms with Gasteiger partial charge in [0.15, 0.2) is 5.76 Å². The van der Waals surface area contributed by atoms with Gasteiger partial charge in [-0.05, 0) is 69.0 Å². The number of anilines is 1. The van der Waals surface area contributed by atoms with Gasteiger partial charge in [-0.1, -0.05) is 18.2 Å². The molecule has 0 bridgehead atoms. The van der Waals surface area contributed by atoms with E-state index in [1.54, 1.807) is 4.90 Å². The van der Waals surface area contributed by atoms with Crippen molar-refractivity contribution in [1.29, 1.82) is 0 Å². The zero-order valence-corrected chi connectivity index (χ0v) is 18.5. The van der Waals surface area contributed by atoms with Gasteiger partial charge in [0, 0.05) is 34.8 Å². The van der Waals surface area contributed by atoms with E-state index in [4.69, 9.17) is 4.42 Å². The zero-order chi connectivity index (χ0) is 23.1. The second kappa shape index (κ2) is 8.31. The number of rotatable bonds is 3. The highest BCUT2D eigenvalue weighted by atomic mass is 19.1. The summed E-state index contributed by atoms with van der Waals surface area (Å²) in [7, 11) is 0. The van der Waals surface area contributed by atoms with E-state index in [9.17, 15) is 14.0 Å². The summed E-state index contributed by atoms with van der Waals surface area (Å²) in [6.45, 7) is 3.90. The minimum atomic E-state index is -0.422. The number of furan rings is 1. The smallest absolute Gasteiger partial charge is 0.294 e. The Morgan fingerprint density at radius 1 is 1.12 bits per heavy atom. The molecular formula is C26H24FN3O3. The van der Waals surface area contributed by atoms with Gasteiger partial charge < -0.3 is 9.32 Å². The molecule has 168 valence electrons. The number of para-hydroxylation sites is 1. The number of hydrogen-bond donors (Lipinski definition) is 1. The monoisotopic (exact) mass is 445 g/mol. The molecule has 6 nitrogen and oxygen atoms in total. The first-order chi connectivity index (χ1) is 15.9. The molecule has 2 amide bonds. The van der Waals surface area contributed by atoms with Crippen LogP contribution >= 0.6 is 0 Å². The highest BCUT2D eigenvalue weighted by molar-refractivity contribution is 6.11. The van der Waals surface area contributed by atoms with Crippen LogP contribution in [0.5, 0.6) is 0 Å². The number of aryl methyl sites for hydroxylation is 1. The van der Waals surface area contributed by atoms with Crippen molar-refractivity contribution in [2.75, 3.05) is 4.90 Å². The Morgan fingerprint density at radius 2 is 1.88 bits per heavy atom. The largest absolute Gasteiger partial charge is 0.455 e. The first-order valence-corrected chi connectivity index (χ1v) is 11.1. The van der Waals surface area contributed by atoms with Gasteiger partial charge in [0.05, 0.1) is 5.71 Å². The van der Waals surface area contributed by atoms with Gasteiger partial charge in [-0.15, -0.1) is 0 Å². The average Bonchev–Trinajstić information content (AvgIpc) is 3.34. The summed E-state index contributed by atoms with van der Waals surface area (Å²) < 4.78 is 19.2. The summed E-state index contributed by atoms with van der Waals surface area (Å²) in [6.07, 6.45) is 2.99. The highest BCUT2D eigenvalue weighted by Crippen LogP contribution is 2.36. The van der Waals surface area contributed by atoms with Crippen LogP contribution < -0.4 is 10.3 Å². The molecule has 2 aromatic carbocycles. The first-order valence-electron chi connectivity index (χ1n) is 11.1. The van der Waals surface area contributed by atoms with E-state index in [1.807, 2.05) is 38.1 Å². The number of halogens is 1. The summed E-state index contributed by atoms with van der Waals surface area (Å²) in [5, 5.41) is 4.34. The number of hydrogen-bond acceptors (Lipinski definition) is 4. The van der Waals surface area contributed by atoms with Gasteiger partial charge in [0.2, 0.25) is 0 Å². The predicted molar refractivity (Wildman–Crippen MR) is 123 cm³/mol. The average molecular weight is 445 g/mol. The lowest BCUT2D eigenvalue weighted by molar-refractivity contribution is 0.0946. The topological polar surface area (TPSA) is 74.9 Å². The van der Waals surface area contributed by atoms with Crippen LogP contribution in [-0.4, -0.2) is 23.6 Å². The quantitative estimate of drug-likeness (QED) is 0.589. The SMILES string of the molecule is Cc1c(C(=O)N2c3ccccc3CC2C)oc2c1/C(=N/NC(=O)c1ccc(F)cc1)CCC2. The van der Waals surface area contributed by atoms with E-state index in [1.165, 1.54) is 24.3 Å². The molecule has 1 aliphatic heterocycles. The molecule has 1 atom stereocenters. The molecule has 7 heteroatoms. The van der Waals surface area contributed by atoms with Crippen LogP contribution in [0.2, 0.25) is 0 Å². The van der Waals surface area contributed by atoms with E-state index in [2.05, 4.69) is 10.5 Å². The minimum absolute atomic E-state index is 0.0413. The molecule has 33 heavy (non-hydrogen) atoms. The van der Waals surface area contributed by atoms with Crippen molar-refractivity contribution < 1.29 is 18.4 Å². The molecule has 0 saturated carbocycles. The number of hydrazone groups is 1. The van der Waals surface area contributed by atoms with E-state index < -0.39 is 11.7 Å². The molecule has 0 fully saturated rings. The maximum atomic E-state index is 13.5. The Kier molecular flexibility index (Phi) is 5.32. The fourth-order valence-corrected chi connectivity index (χ4v) is 4.75. The van der Waals surface area contributed by atoms with Gasteiger partial charge in [-0.2, -0.15) is 5.10 Å². The maximum absolute atomic E-state index is 13.5. The molecule has 5 rings (SSSR count). The summed E-state index contributed by atoms with van der Waals surface area (Å²) in [4.78, 5) is 27.8. The number of nitrogens with one attached hydrogen (secondary N) is 1. The zero-order valence-electron chi connectivity index (χ0n) is 18.5. The van der Waals surface area contributed by atoms with Crippen molar-refractivity contribution in [1.82, 2.24) is 5.43 Å². The molecule has 2 heterocycles. The highest BCUT2D eigenvalue weighted by Gasteiger charge is 2.36. The van der Waals surface area contributed by atoms with Crippen LogP contribution in [0.1, 0.15) is 63.1 Å². The van der Waals surface area contributed by atoms with E-state index in [-0.39, 0.29) is 11.9 Å². The molecule has 1 aromatic heterocycles. The Hall–Kier alpha value is -3.74. The number of fused-ring (bicyclic) bond motifs is 2. The molecule has 3 aromatic rings. The van der Waals surface area contributed by atoms with Crippen LogP contribution in [-0.2, 0) is 12.8 Å². The van der Waals surface area contributed by atoms with Gasteiger partial charge in [0.25, 0.3) is 11.8 Å². The summed E-state index contributed by atoms with van der Waals surface area (Å²) in [5.41, 5.74) is 7.16. The van der Waals surface area contributed by atoms with Crippen molar-refractivity contribution in [3.8, 4) is 0 Å². The number of carbonyl (C=O) groups is 2. The molecule has 0 spiro atoms. The van der Waals surface area contributed by atoms with Crippen molar-refractivity contribution in [3.05, 3.63) is 88.1 Å². The van der Waals surface area contributed by atoms with Crippen LogP contribution in [0.15, 0.2) is 58.0 Å². The second-order valence-corrected chi connectivity index (χ2v) is 8.57. The Bertz CT molecular complexity index is 1280. The van der Waals surface area contributed by atoms with Gasteiger partial charge in [-0.25, -0.2) is 9.82 Å². The lowest BCUT2D eigenvalue weighted by atomic mass is 9.93. The van der Waals surface area contributed by atoms with Gasteiger partial charge in [-0.3, -0.25) is 9.59 Å². The maximum Gasteiger partial charge on any atom is 0.294 e. The molecule has 1 N–H and O–H groups in total. The third-order valence-corrected chi connectivity index (χ3v) is 6.34. The standard InChI is InChI=1S/C26H24FN3O3/c1-15-14-18-6-3-4-8-21(18)30(15)26(32)24-16(2)23-20(7-5-9-22(23)33-24)28-29-25(31)17-10-12-19(27)13-11-17/h3-4,6,8,10-13,15H,5,7,9,14H2,1-2H3,(H,29,31)/b28-20+. The number of amides is 2. The van der Waals surface area contributed by atoms with Gasteiger partial charge >= 0.3 is 0 Å². The summed E-state index contributed by atoms with van der Waals surface area (Å²) in [6, 6.07) is 13.3. The predicted octanol–water partition coefficient (Wildman–Crippen LogP) is 4.79. The molecule has 0 radical (unpaired) electrons. The minimum Gasteiger partial charge on any atom is -0.455 e. The normalized spacial score (nSPS) is 18.2. The third kappa shape index (κ3) is 3.73. The molecule has 0 saturated heterocycles. The van der Waals surface area contributed by atoms with Crippen LogP contribution in [0.3, 0.4) is 0 Å². The Labute approximate surface area is 191 Å².